The zero-order chi connectivity index (χ0) is 15.7. The predicted octanol–water partition coefficient (Wildman–Crippen LogP) is 1.60. The van der Waals surface area contributed by atoms with Gasteiger partial charge in [0.05, 0.1) is 17.7 Å². The molecule has 0 aliphatic carbocycles. The lowest BCUT2D eigenvalue weighted by Crippen LogP contribution is -2.37. The fourth-order valence-electron chi connectivity index (χ4n) is 2.51. The van der Waals surface area contributed by atoms with E-state index in [2.05, 4.69) is 4.98 Å². The summed E-state index contributed by atoms with van der Waals surface area (Å²) in [7, 11) is -1.44. The number of amides is 1. The van der Waals surface area contributed by atoms with Crippen molar-refractivity contribution in [3.05, 3.63) is 42.3 Å². The van der Waals surface area contributed by atoms with Crippen molar-refractivity contribution in [1.82, 2.24) is 9.88 Å². The number of carbonyl (C=O) groups excluding carboxylic acids is 1. The van der Waals surface area contributed by atoms with E-state index in [9.17, 15) is 13.2 Å². The van der Waals surface area contributed by atoms with Gasteiger partial charge in [-0.15, -0.1) is 0 Å². The Bertz CT molecular complexity index is 783. The fraction of sp³-hybridized carbons (Fsp3) is 0.333. The largest absolute Gasteiger partial charge is 0.431 e. The summed E-state index contributed by atoms with van der Waals surface area (Å²) >= 11 is 0. The molecule has 22 heavy (non-hydrogen) atoms. The molecule has 116 valence electrons. The van der Waals surface area contributed by atoms with Gasteiger partial charge in [0.25, 0.3) is 5.91 Å². The molecule has 0 N–H and O–H groups in total. The van der Waals surface area contributed by atoms with Gasteiger partial charge in [-0.25, -0.2) is 13.4 Å². The quantitative estimate of drug-likeness (QED) is 0.858. The number of hydrogen-bond donors (Lipinski definition) is 0. The highest BCUT2D eigenvalue weighted by atomic mass is 32.2. The average Bonchev–Trinajstić information content (AvgIpc) is 3.13. The van der Waals surface area contributed by atoms with Crippen LogP contribution in [-0.4, -0.2) is 48.8 Å². The Balaban J connectivity index is 1.77. The van der Waals surface area contributed by atoms with E-state index in [1.807, 2.05) is 30.3 Å². The first-order valence-corrected chi connectivity index (χ1v) is 8.77. The van der Waals surface area contributed by atoms with Crippen LogP contribution in [0.4, 0.5) is 0 Å². The molecule has 0 bridgehead atoms. The van der Waals surface area contributed by atoms with Gasteiger partial charge in [-0.3, -0.25) is 4.79 Å². The number of aromatic nitrogens is 1. The highest BCUT2D eigenvalue weighted by Gasteiger charge is 2.34. The molecule has 1 atom stereocenters. The number of oxazole rings is 1. The van der Waals surface area contributed by atoms with Crippen molar-refractivity contribution in [2.75, 3.05) is 18.6 Å². The summed E-state index contributed by atoms with van der Waals surface area (Å²) in [6.45, 7) is 0. The van der Waals surface area contributed by atoms with Crippen molar-refractivity contribution in [2.45, 2.75) is 12.5 Å². The number of carbonyl (C=O) groups is 1. The van der Waals surface area contributed by atoms with Crippen molar-refractivity contribution in [3.8, 4) is 11.5 Å². The second-order valence-electron chi connectivity index (χ2n) is 5.37. The predicted molar refractivity (Wildman–Crippen MR) is 81.1 cm³/mol. The molecule has 1 fully saturated rings. The highest BCUT2D eigenvalue weighted by molar-refractivity contribution is 7.91. The minimum absolute atomic E-state index is 0.00885. The van der Waals surface area contributed by atoms with Crippen LogP contribution in [0.2, 0.25) is 0 Å². The maximum atomic E-state index is 12.4. The first-order valence-electron chi connectivity index (χ1n) is 6.95. The SMILES string of the molecule is CN(C(=O)c1cnc(-c2ccccc2)o1)C1CCS(=O)(=O)C1. The Morgan fingerprint density at radius 2 is 2.05 bits per heavy atom. The smallest absolute Gasteiger partial charge is 0.291 e. The third-order valence-corrected chi connectivity index (χ3v) is 5.56. The molecule has 0 radical (unpaired) electrons. The van der Waals surface area contributed by atoms with E-state index in [-0.39, 0.29) is 29.2 Å². The summed E-state index contributed by atoms with van der Waals surface area (Å²) in [5.41, 5.74) is 0.785. The van der Waals surface area contributed by atoms with E-state index >= 15 is 0 Å². The van der Waals surface area contributed by atoms with Crippen LogP contribution in [-0.2, 0) is 9.84 Å². The van der Waals surface area contributed by atoms with Crippen LogP contribution in [0.3, 0.4) is 0 Å². The molecule has 1 saturated heterocycles. The second kappa shape index (κ2) is 5.57. The lowest BCUT2D eigenvalue weighted by molar-refractivity contribution is 0.0716. The molecule has 3 rings (SSSR count). The molecule has 1 aliphatic rings. The Morgan fingerprint density at radius 3 is 2.68 bits per heavy atom. The summed E-state index contributed by atoms with van der Waals surface area (Å²) in [5.74, 6) is 0.273. The zero-order valence-corrected chi connectivity index (χ0v) is 12.9. The molecule has 1 unspecified atom stereocenters. The van der Waals surface area contributed by atoms with Gasteiger partial charge in [0.2, 0.25) is 11.7 Å². The van der Waals surface area contributed by atoms with E-state index in [4.69, 9.17) is 4.42 Å². The normalized spacial score (nSPS) is 20.0. The molecular weight excluding hydrogens is 304 g/mol. The first kappa shape index (κ1) is 14.8. The molecule has 1 aliphatic heterocycles. The van der Waals surface area contributed by atoms with Gasteiger partial charge in [-0.05, 0) is 18.6 Å². The van der Waals surface area contributed by atoms with Gasteiger partial charge in [0.1, 0.15) is 0 Å². The van der Waals surface area contributed by atoms with Crippen LogP contribution in [0.5, 0.6) is 0 Å². The third-order valence-electron chi connectivity index (χ3n) is 3.81. The van der Waals surface area contributed by atoms with Gasteiger partial charge in [-0.1, -0.05) is 18.2 Å². The van der Waals surface area contributed by atoms with Crippen LogP contribution in [0.1, 0.15) is 17.0 Å². The Kier molecular flexibility index (Phi) is 3.74. The van der Waals surface area contributed by atoms with Gasteiger partial charge in [0.15, 0.2) is 9.84 Å². The zero-order valence-electron chi connectivity index (χ0n) is 12.1. The van der Waals surface area contributed by atoms with Crippen molar-refractivity contribution in [1.29, 1.82) is 0 Å². The molecule has 2 heterocycles. The first-order chi connectivity index (χ1) is 10.5. The van der Waals surface area contributed by atoms with Crippen LogP contribution < -0.4 is 0 Å². The van der Waals surface area contributed by atoms with Crippen molar-refractivity contribution < 1.29 is 17.6 Å². The van der Waals surface area contributed by atoms with E-state index < -0.39 is 9.84 Å². The summed E-state index contributed by atoms with van der Waals surface area (Å²) in [4.78, 5) is 17.9. The molecular formula is C15H16N2O4S. The van der Waals surface area contributed by atoms with E-state index in [0.29, 0.717) is 12.3 Å². The molecule has 7 heteroatoms. The highest BCUT2D eigenvalue weighted by Crippen LogP contribution is 2.22. The second-order valence-corrected chi connectivity index (χ2v) is 7.60. The lowest BCUT2D eigenvalue weighted by Gasteiger charge is -2.21. The van der Waals surface area contributed by atoms with Crippen LogP contribution >= 0.6 is 0 Å². The van der Waals surface area contributed by atoms with Crippen LogP contribution in [0.15, 0.2) is 40.9 Å². The summed E-state index contributed by atoms with van der Waals surface area (Å²) in [6, 6.07) is 8.98. The van der Waals surface area contributed by atoms with Crippen molar-refractivity contribution in [3.63, 3.8) is 0 Å². The minimum atomic E-state index is -3.03. The van der Waals surface area contributed by atoms with Crippen LogP contribution in [0.25, 0.3) is 11.5 Å². The van der Waals surface area contributed by atoms with E-state index in [1.54, 1.807) is 7.05 Å². The maximum Gasteiger partial charge on any atom is 0.291 e. The molecule has 0 spiro atoms. The summed E-state index contributed by atoms with van der Waals surface area (Å²) in [6.07, 6.45) is 1.84. The monoisotopic (exact) mass is 320 g/mol. The van der Waals surface area contributed by atoms with Gasteiger partial charge < -0.3 is 9.32 Å². The van der Waals surface area contributed by atoms with Gasteiger partial charge in [0, 0.05) is 18.7 Å². The van der Waals surface area contributed by atoms with Gasteiger partial charge >= 0.3 is 0 Å². The Labute approximate surface area is 128 Å². The summed E-state index contributed by atoms with van der Waals surface area (Å²) in [5, 5.41) is 0. The summed E-state index contributed by atoms with van der Waals surface area (Å²) < 4.78 is 28.6. The molecule has 1 amide bonds. The standard InChI is InChI=1S/C15H16N2O4S/c1-17(12-7-8-22(19,20)10-12)15(18)13-9-16-14(21-13)11-5-3-2-4-6-11/h2-6,9,12H,7-8,10H2,1H3. The molecule has 2 aromatic rings. The van der Waals surface area contributed by atoms with E-state index in [0.717, 1.165) is 5.56 Å². The Hall–Kier alpha value is -2.15. The minimum Gasteiger partial charge on any atom is -0.431 e. The fourth-order valence-corrected chi connectivity index (χ4v) is 4.28. The van der Waals surface area contributed by atoms with Crippen molar-refractivity contribution >= 4 is 15.7 Å². The number of rotatable bonds is 3. The number of sulfone groups is 1. The van der Waals surface area contributed by atoms with E-state index in [1.165, 1.54) is 11.1 Å². The molecule has 6 nitrogen and oxygen atoms in total. The number of benzene rings is 1. The Morgan fingerprint density at radius 1 is 1.32 bits per heavy atom. The molecule has 1 aromatic carbocycles. The van der Waals surface area contributed by atoms with Gasteiger partial charge in [-0.2, -0.15) is 0 Å². The van der Waals surface area contributed by atoms with Crippen LogP contribution in [0, 0.1) is 0 Å². The topological polar surface area (TPSA) is 80.5 Å². The lowest BCUT2D eigenvalue weighted by atomic mass is 10.2. The number of nitrogens with zero attached hydrogens (tertiary/aromatic N) is 2. The molecule has 1 aromatic heterocycles. The molecule has 0 saturated carbocycles. The third kappa shape index (κ3) is 2.89. The average molecular weight is 320 g/mol. The number of hydrogen-bond acceptors (Lipinski definition) is 5. The maximum absolute atomic E-state index is 12.4. The van der Waals surface area contributed by atoms with Crippen molar-refractivity contribution in [2.24, 2.45) is 0 Å².